The van der Waals surface area contributed by atoms with E-state index in [2.05, 4.69) is 10.3 Å². The fourth-order valence-corrected chi connectivity index (χ4v) is 2.08. The van der Waals surface area contributed by atoms with Crippen LogP contribution in [0.4, 0.5) is 5.82 Å². The maximum absolute atomic E-state index is 6.26. The molecule has 0 aliphatic carbocycles. The van der Waals surface area contributed by atoms with Crippen molar-refractivity contribution in [3.8, 4) is 11.5 Å². The smallest absolute Gasteiger partial charge is 0.148 e. The second-order valence-electron chi connectivity index (χ2n) is 3.72. The molecule has 1 N–H and O–H groups in total. The SMILES string of the molecule is CCNc1ccc2c(Cl)c(OC)cc(OC)c2n1. The average Bonchev–Trinajstić information content (AvgIpc) is 2.40. The quantitative estimate of drug-likeness (QED) is 0.922. The van der Waals surface area contributed by atoms with Gasteiger partial charge in [-0.3, -0.25) is 0 Å². The van der Waals surface area contributed by atoms with E-state index in [1.54, 1.807) is 20.3 Å². The molecule has 0 aliphatic rings. The van der Waals surface area contributed by atoms with Crippen LogP contribution >= 0.6 is 11.6 Å². The Kier molecular flexibility index (Phi) is 3.77. The lowest BCUT2D eigenvalue weighted by Gasteiger charge is -2.12. The predicted octanol–water partition coefficient (Wildman–Crippen LogP) is 3.34. The van der Waals surface area contributed by atoms with Crippen LogP contribution in [0.1, 0.15) is 6.92 Å². The summed E-state index contributed by atoms with van der Waals surface area (Å²) >= 11 is 6.26. The first kappa shape index (κ1) is 12.8. The number of methoxy groups -OCH3 is 2. The van der Waals surface area contributed by atoms with Crippen molar-refractivity contribution in [2.75, 3.05) is 26.1 Å². The Morgan fingerprint density at radius 2 is 1.94 bits per heavy atom. The number of halogens is 1. The van der Waals surface area contributed by atoms with E-state index in [-0.39, 0.29) is 0 Å². The number of anilines is 1. The Morgan fingerprint density at radius 1 is 1.22 bits per heavy atom. The van der Waals surface area contributed by atoms with Gasteiger partial charge in [0.25, 0.3) is 0 Å². The van der Waals surface area contributed by atoms with Gasteiger partial charge in [0, 0.05) is 18.0 Å². The summed E-state index contributed by atoms with van der Waals surface area (Å²) in [6, 6.07) is 5.54. The Labute approximate surface area is 111 Å². The van der Waals surface area contributed by atoms with Crippen molar-refractivity contribution in [2.24, 2.45) is 0 Å². The first-order chi connectivity index (χ1) is 8.71. The highest BCUT2D eigenvalue weighted by atomic mass is 35.5. The van der Waals surface area contributed by atoms with Gasteiger partial charge in [-0.05, 0) is 19.1 Å². The fourth-order valence-electron chi connectivity index (χ4n) is 1.79. The molecule has 0 fully saturated rings. The van der Waals surface area contributed by atoms with E-state index in [0.717, 1.165) is 23.3 Å². The van der Waals surface area contributed by atoms with Crippen LogP contribution in [-0.4, -0.2) is 25.7 Å². The number of benzene rings is 1. The second kappa shape index (κ2) is 5.31. The highest BCUT2D eigenvalue weighted by Gasteiger charge is 2.13. The van der Waals surface area contributed by atoms with Gasteiger partial charge in [0.2, 0.25) is 0 Å². The Morgan fingerprint density at radius 3 is 2.56 bits per heavy atom. The monoisotopic (exact) mass is 266 g/mol. The molecule has 1 aromatic heterocycles. The van der Waals surface area contributed by atoms with Crippen molar-refractivity contribution in [2.45, 2.75) is 6.92 Å². The maximum atomic E-state index is 6.26. The van der Waals surface area contributed by atoms with E-state index in [1.165, 1.54) is 0 Å². The van der Waals surface area contributed by atoms with Crippen LogP contribution in [0.5, 0.6) is 11.5 Å². The lowest BCUT2D eigenvalue weighted by molar-refractivity contribution is 0.397. The molecule has 18 heavy (non-hydrogen) atoms. The van der Waals surface area contributed by atoms with E-state index in [4.69, 9.17) is 21.1 Å². The third-order valence-electron chi connectivity index (χ3n) is 2.64. The van der Waals surface area contributed by atoms with Crippen LogP contribution in [0.25, 0.3) is 10.9 Å². The van der Waals surface area contributed by atoms with Gasteiger partial charge in [-0.1, -0.05) is 11.6 Å². The first-order valence-corrected chi connectivity index (χ1v) is 6.04. The number of nitrogens with one attached hydrogen (secondary N) is 1. The van der Waals surface area contributed by atoms with Crippen molar-refractivity contribution < 1.29 is 9.47 Å². The maximum Gasteiger partial charge on any atom is 0.148 e. The molecule has 4 nitrogen and oxygen atoms in total. The molecule has 96 valence electrons. The summed E-state index contributed by atoms with van der Waals surface area (Å²) in [5, 5.41) is 4.52. The molecular weight excluding hydrogens is 252 g/mol. The van der Waals surface area contributed by atoms with Crippen LogP contribution in [0.3, 0.4) is 0 Å². The lowest BCUT2D eigenvalue weighted by Crippen LogP contribution is -2.00. The summed E-state index contributed by atoms with van der Waals surface area (Å²) in [4.78, 5) is 4.50. The highest BCUT2D eigenvalue weighted by molar-refractivity contribution is 6.37. The summed E-state index contributed by atoms with van der Waals surface area (Å²) in [7, 11) is 3.18. The third kappa shape index (κ3) is 2.16. The minimum absolute atomic E-state index is 0.545. The van der Waals surface area contributed by atoms with Crippen LogP contribution in [0, 0.1) is 0 Å². The van der Waals surface area contributed by atoms with E-state index in [9.17, 15) is 0 Å². The highest BCUT2D eigenvalue weighted by Crippen LogP contribution is 2.38. The minimum atomic E-state index is 0.545. The predicted molar refractivity (Wildman–Crippen MR) is 74.0 cm³/mol. The number of rotatable bonds is 4. The molecule has 0 radical (unpaired) electrons. The van der Waals surface area contributed by atoms with Gasteiger partial charge >= 0.3 is 0 Å². The molecule has 0 aliphatic heterocycles. The van der Waals surface area contributed by atoms with Gasteiger partial charge in [0.05, 0.1) is 19.2 Å². The Bertz CT molecular complexity index is 572. The summed E-state index contributed by atoms with van der Waals surface area (Å²) in [5.74, 6) is 2.02. The summed E-state index contributed by atoms with van der Waals surface area (Å²) in [5.41, 5.74) is 0.724. The Hall–Kier alpha value is -1.68. The van der Waals surface area contributed by atoms with Crippen molar-refractivity contribution >= 4 is 28.3 Å². The number of hydrogen-bond acceptors (Lipinski definition) is 4. The first-order valence-electron chi connectivity index (χ1n) is 5.66. The summed E-state index contributed by atoms with van der Waals surface area (Å²) < 4.78 is 10.5. The largest absolute Gasteiger partial charge is 0.495 e. The molecule has 2 aromatic rings. The summed E-state index contributed by atoms with van der Waals surface area (Å²) in [6.45, 7) is 2.83. The standard InChI is InChI=1S/C13H15ClN2O2/c1-4-15-11-6-5-8-12(14)9(17-2)7-10(18-3)13(8)16-11/h5-7H,4H2,1-3H3,(H,15,16). The number of hydrogen-bond donors (Lipinski definition) is 1. The Balaban J connectivity index is 2.69. The molecule has 2 rings (SSSR count). The van der Waals surface area contributed by atoms with E-state index in [1.807, 2.05) is 19.1 Å². The van der Waals surface area contributed by atoms with E-state index < -0.39 is 0 Å². The molecular formula is C13H15ClN2O2. The number of pyridine rings is 1. The van der Waals surface area contributed by atoms with Crippen LogP contribution in [0.15, 0.2) is 18.2 Å². The second-order valence-corrected chi connectivity index (χ2v) is 4.10. The molecule has 0 bridgehead atoms. The van der Waals surface area contributed by atoms with Crippen molar-refractivity contribution in [3.05, 3.63) is 23.2 Å². The molecule has 0 amide bonds. The van der Waals surface area contributed by atoms with Crippen LogP contribution < -0.4 is 14.8 Å². The number of aromatic nitrogens is 1. The van der Waals surface area contributed by atoms with E-state index in [0.29, 0.717) is 16.5 Å². The summed E-state index contributed by atoms with van der Waals surface area (Å²) in [6.07, 6.45) is 0. The zero-order valence-corrected chi connectivity index (χ0v) is 11.3. The molecule has 0 saturated carbocycles. The van der Waals surface area contributed by atoms with Gasteiger partial charge in [-0.25, -0.2) is 4.98 Å². The topological polar surface area (TPSA) is 43.4 Å². The van der Waals surface area contributed by atoms with Gasteiger partial charge < -0.3 is 14.8 Å². The van der Waals surface area contributed by atoms with Gasteiger partial charge in [0.15, 0.2) is 0 Å². The zero-order chi connectivity index (χ0) is 13.1. The van der Waals surface area contributed by atoms with Gasteiger partial charge in [0.1, 0.15) is 22.8 Å². The van der Waals surface area contributed by atoms with Crippen LogP contribution in [0.2, 0.25) is 5.02 Å². The molecule has 1 aromatic carbocycles. The molecule has 0 spiro atoms. The van der Waals surface area contributed by atoms with Crippen molar-refractivity contribution in [1.29, 1.82) is 0 Å². The normalized spacial score (nSPS) is 10.4. The number of fused-ring (bicyclic) bond motifs is 1. The molecule has 5 heteroatoms. The molecule has 1 heterocycles. The van der Waals surface area contributed by atoms with Gasteiger partial charge in [-0.2, -0.15) is 0 Å². The molecule has 0 saturated heterocycles. The molecule has 0 unspecified atom stereocenters. The molecule has 0 atom stereocenters. The van der Waals surface area contributed by atoms with Gasteiger partial charge in [-0.15, -0.1) is 0 Å². The number of nitrogens with zero attached hydrogens (tertiary/aromatic N) is 1. The third-order valence-corrected chi connectivity index (χ3v) is 3.03. The lowest BCUT2D eigenvalue weighted by atomic mass is 10.2. The minimum Gasteiger partial charge on any atom is -0.495 e. The number of ether oxygens (including phenoxy) is 2. The average molecular weight is 267 g/mol. The van der Waals surface area contributed by atoms with Crippen molar-refractivity contribution in [1.82, 2.24) is 4.98 Å². The zero-order valence-electron chi connectivity index (χ0n) is 10.6. The van der Waals surface area contributed by atoms with E-state index >= 15 is 0 Å². The van der Waals surface area contributed by atoms with Crippen molar-refractivity contribution in [3.63, 3.8) is 0 Å². The van der Waals surface area contributed by atoms with Crippen LogP contribution in [-0.2, 0) is 0 Å². The fraction of sp³-hybridized carbons (Fsp3) is 0.308.